The van der Waals surface area contributed by atoms with Crippen LogP contribution in [0.2, 0.25) is 0 Å². The summed E-state index contributed by atoms with van der Waals surface area (Å²) in [7, 11) is 0. The van der Waals surface area contributed by atoms with E-state index in [1.165, 1.54) is 11.1 Å². The van der Waals surface area contributed by atoms with Crippen molar-refractivity contribution in [3.05, 3.63) is 47.5 Å². The van der Waals surface area contributed by atoms with Crippen LogP contribution in [0, 0.1) is 0 Å². The minimum atomic E-state index is -0.516. The Kier molecular flexibility index (Phi) is 3.67. The van der Waals surface area contributed by atoms with E-state index in [-0.39, 0.29) is 18.3 Å². The molecule has 0 N–H and O–H groups in total. The lowest BCUT2D eigenvalue weighted by atomic mass is 10.1. The monoisotopic (exact) mass is 274 g/mol. The van der Waals surface area contributed by atoms with Gasteiger partial charge in [0, 0.05) is 0 Å². The van der Waals surface area contributed by atoms with Crippen LogP contribution in [0.15, 0.2) is 42.0 Å². The SMILES string of the molecule is CCC1=C[C@@H](OCc2ccccc2)C2OC(C)(C)O[C@@H]12. The molecule has 1 aromatic carbocycles. The summed E-state index contributed by atoms with van der Waals surface area (Å²) in [4.78, 5) is 0. The Morgan fingerprint density at radius 2 is 1.90 bits per heavy atom. The van der Waals surface area contributed by atoms with Gasteiger partial charge in [-0.1, -0.05) is 43.3 Å². The summed E-state index contributed by atoms with van der Waals surface area (Å²) < 4.78 is 18.0. The van der Waals surface area contributed by atoms with Crippen LogP contribution in [0.5, 0.6) is 0 Å². The Morgan fingerprint density at radius 1 is 1.15 bits per heavy atom. The van der Waals surface area contributed by atoms with E-state index in [1.807, 2.05) is 32.0 Å². The fraction of sp³-hybridized carbons (Fsp3) is 0.529. The van der Waals surface area contributed by atoms with Crippen molar-refractivity contribution in [2.45, 2.75) is 57.9 Å². The quantitative estimate of drug-likeness (QED) is 0.787. The largest absolute Gasteiger partial charge is 0.367 e. The van der Waals surface area contributed by atoms with Gasteiger partial charge >= 0.3 is 0 Å². The lowest BCUT2D eigenvalue weighted by Gasteiger charge is -2.21. The molecule has 1 saturated heterocycles. The van der Waals surface area contributed by atoms with Crippen LogP contribution in [0.4, 0.5) is 0 Å². The highest BCUT2D eigenvalue weighted by Crippen LogP contribution is 2.40. The Bertz CT molecular complexity index is 492. The molecular formula is C17H22O3. The van der Waals surface area contributed by atoms with Crippen LogP contribution >= 0.6 is 0 Å². The van der Waals surface area contributed by atoms with Gasteiger partial charge in [0.25, 0.3) is 0 Å². The summed E-state index contributed by atoms with van der Waals surface area (Å²) in [6.07, 6.45) is 3.18. The van der Waals surface area contributed by atoms with Gasteiger partial charge < -0.3 is 14.2 Å². The summed E-state index contributed by atoms with van der Waals surface area (Å²) in [6.45, 7) is 6.68. The van der Waals surface area contributed by atoms with E-state index in [2.05, 4.69) is 25.1 Å². The molecular weight excluding hydrogens is 252 g/mol. The molecule has 0 saturated carbocycles. The number of hydrogen-bond acceptors (Lipinski definition) is 3. The van der Waals surface area contributed by atoms with Gasteiger partial charge in [-0.25, -0.2) is 0 Å². The molecule has 3 rings (SSSR count). The summed E-state index contributed by atoms with van der Waals surface area (Å²) in [5.74, 6) is -0.516. The first-order chi connectivity index (χ1) is 9.59. The van der Waals surface area contributed by atoms with Crippen molar-refractivity contribution in [2.24, 2.45) is 0 Å². The van der Waals surface area contributed by atoms with Crippen LogP contribution in [0.25, 0.3) is 0 Å². The van der Waals surface area contributed by atoms with Crippen LogP contribution in [0.1, 0.15) is 32.8 Å². The molecule has 1 unspecified atom stereocenters. The predicted octanol–water partition coefficient (Wildman–Crippen LogP) is 3.44. The molecule has 1 fully saturated rings. The maximum atomic E-state index is 6.05. The van der Waals surface area contributed by atoms with Crippen LogP contribution in [-0.4, -0.2) is 24.1 Å². The van der Waals surface area contributed by atoms with Crippen molar-refractivity contribution in [2.75, 3.05) is 0 Å². The molecule has 0 aromatic heterocycles. The first kappa shape index (κ1) is 13.8. The Hall–Kier alpha value is -1.16. The van der Waals surface area contributed by atoms with Gasteiger partial charge in [-0.2, -0.15) is 0 Å². The second-order valence-electron chi connectivity index (χ2n) is 5.88. The molecule has 2 aliphatic rings. The van der Waals surface area contributed by atoms with Gasteiger partial charge in [0.05, 0.1) is 6.61 Å². The van der Waals surface area contributed by atoms with Gasteiger partial charge in [0.2, 0.25) is 0 Å². The fourth-order valence-corrected chi connectivity index (χ4v) is 2.95. The highest BCUT2D eigenvalue weighted by molar-refractivity contribution is 5.25. The normalized spacial score (nSPS) is 31.1. The van der Waals surface area contributed by atoms with Crippen molar-refractivity contribution >= 4 is 0 Å². The van der Waals surface area contributed by atoms with Crippen LogP contribution in [-0.2, 0) is 20.8 Å². The summed E-state index contributed by atoms with van der Waals surface area (Å²) in [5.41, 5.74) is 2.47. The second kappa shape index (κ2) is 5.32. The van der Waals surface area contributed by atoms with Gasteiger partial charge in [-0.15, -0.1) is 0 Å². The number of benzene rings is 1. The minimum absolute atomic E-state index is 0.0105. The van der Waals surface area contributed by atoms with Crippen molar-refractivity contribution < 1.29 is 14.2 Å². The molecule has 0 bridgehead atoms. The molecule has 108 valence electrons. The first-order valence-corrected chi connectivity index (χ1v) is 7.31. The number of hydrogen-bond donors (Lipinski definition) is 0. The molecule has 3 heteroatoms. The smallest absolute Gasteiger partial charge is 0.164 e. The second-order valence-corrected chi connectivity index (χ2v) is 5.88. The first-order valence-electron chi connectivity index (χ1n) is 7.31. The molecule has 3 atom stereocenters. The average Bonchev–Trinajstić information content (AvgIpc) is 2.91. The Morgan fingerprint density at radius 3 is 2.60 bits per heavy atom. The van der Waals surface area contributed by atoms with Crippen molar-refractivity contribution in [1.29, 1.82) is 0 Å². The molecule has 3 nitrogen and oxygen atoms in total. The molecule has 0 radical (unpaired) electrons. The molecule has 20 heavy (non-hydrogen) atoms. The molecule has 1 aliphatic carbocycles. The summed E-state index contributed by atoms with van der Waals surface area (Å²) in [5, 5.41) is 0. The lowest BCUT2D eigenvalue weighted by Crippen LogP contribution is -2.31. The van der Waals surface area contributed by atoms with Gasteiger partial charge in [0.15, 0.2) is 5.79 Å². The zero-order chi connectivity index (χ0) is 14.2. The van der Waals surface area contributed by atoms with Gasteiger partial charge in [-0.3, -0.25) is 0 Å². The molecule has 1 aliphatic heterocycles. The summed E-state index contributed by atoms with van der Waals surface area (Å²) >= 11 is 0. The van der Waals surface area contributed by atoms with E-state index < -0.39 is 5.79 Å². The van der Waals surface area contributed by atoms with E-state index in [4.69, 9.17) is 14.2 Å². The fourth-order valence-electron chi connectivity index (χ4n) is 2.95. The molecule has 1 aromatic rings. The van der Waals surface area contributed by atoms with Gasteiger partial charge in [-0.05, 0) is 31.4 Å². The maximum Gasteiger partial charge on any atom is 0.164 e. The van der Waals surface area contributed by atoms with Crippen molar-refractivity contribution in [3.8, 4) is 0 Å². The topological polar surface area (TPSA) is 27.7 Å². The predicted molar refractivity (Wildman–Crippen MR) is 77.2 cm³/mol. The van der Waals surface area contributed by atoms with E-state index in [1.54, 1.807) is 0 Å². The zero-order valence-electron chi connectivity index (χ0n) is 12.3. The van der Waals surface area contributed by atoms with E-state index in [0.29, 0.717) is 6.61 Å². The third kappa shape index (κ3) is 2.66. The third-order valence-corrected chi connectivity index (χ3v) is 3.89. The van der Waals surface area contributed by atoms with Gasteiger partial charge in [0.1, 0.15) is 18.3 Å². The van der Waals surface area contributed by atoms with Crippen molar-refractivity contribution in [3.63, 3.8) is 0 Å². The number of ether oxygens (including phenoxy) is 3. The zero-order valence-corrected chi connectivity index (χ0v) is 12.3. The molecule has 1 heterocycles. The Balaban J connectivity index is 1.69. The highest BCUT2D eigenvalue weighted by atomic mass is 16.8. The minimum Gasteiger partial charge on any atom is -0.367 e. The van der Waals surface area contributed by atoms with Crippen LogP contribution < -0.4 is 0 Å². The lowest BCUT2D eigenvalue weighted by molar-refractivity contribution is -0.157. The van der Waals surface area contributed by atoms with E-state index in [9.17, 15) is 0 Å². The van der Waals surface area contributed by atoms with E-state index in [0.717, 1.165) is 6.42 Å². The van der Waals surface area contributed by atoms with Crippen LogP contribution in [0.3, 0.4) is 0 Å². The average molecular weight is 274 g/mol. The standard InChI is InChI=1S/C17H22O3/c1-4-13-10-14(16-15(13)19-17(2,3)20-16)18-11-12-8-6-5-7-9-12/h5-10,14-16H,4,11H2,1-3H3/t14-,15+,16?/m1/s1. The highest BCUT2D eigenvalue weighted by Gasteiger charge is 2.49. The third-order valence-electron chi connectivity index (χ3n) is 3.89. The number of fused-ring (bicyclic) bond motifs is 1. The van der Waals surface area contributed by atoms with Crippen molar-refractivity contribution in [1.82, 2.24) is 0 Å². The molecule has 0 amide bonds. The van der Waals surface area contributed by atoms with E-state index >= 15 is 0 Å². The Labute approximate surface area is 120 Å². The summed E-state index contributed by atoms with van der Waals surface area (Å²) in [6, 6.07) is 10.2. The maximum absolute atomic E-state index is 6.05. The number of rotatable bonds is 4. The molecule has 0 spiro atoms.